The van der Waals surface area contributed by atoms with Gasteiger partial charge in [0, 0.05) is 23.0 Å². The van der Waals surface area contributed by atoms with Gasteiger partial charge in [0.1, 0.15) is 5.75 Å². The molecule has 0 N–H and O–H groups in total. The predicted molar refractivity (Wildman–Crippen MR) is 89.2 cm³/mol. The highest BCUT2D eigenvalue weighted by Crippen LogP contribution is 2.25. The van der Waals surface area contributed by atoms with Crippen LogP contribution in [0.15, 0.2) is 71.7 Å². The summed E-state index contributed by atoms with van der Waals surface area (Å²) in [7, 11) is 0. The monoisotopic (exact) mass is 365 g/mol. The van der Waals surface area contributed by atoms with Crippen LogP contribution >= 0.6 is 11.6 Å². The molecule has 0 bridgehead atoms. The Balaban J connectivity index is 1.97. The zero-order valence-corrected chi connectivity index (χ0v) is 13.4. The molecule has 0 saturated carbocycles. The summed E-state index contributed by atoms with van der Waals surface area (Å²) in [4.78, 5) is 12.1. The quantitative estimate of drug-likeness (QED) is 0.650. The molecule has 3 aromatic rings. The van der Waals surface area contributed by atoms with Crippen molar-refractivity contribution in [1.29, 1.82) is 0 Å². The minimum atomic E-state index is -4.76. The van der Waals surface area contributed by atoms with Crippen LogP contribution in [0.3, 0.4) is 0 Å². The number of aromatic nitrogens is 1. The summed E-state index contributed by atoms with van der Waals surface area (Å²) in [6.07, 6.45) is -3.15. The molecular weight excluding hydrogens is 355 g/mol. The van der Waals surface area contributed by atoms with Crippen LogP contribution in [0.5, 0.6) is 5.75 Å². The first-order chi connectivity index (χ1) is 11.8. The Morgan fingerprint density at radius 3 is 2.28 bits per heavy atom. The second-order valence-electron chi connectivity index (χ2n) is 5.18. The molecule has 3 nitrogen and oxygen atoms in total. The van der Waals surface area contributed by atoms with Crippen molar-refractivity contribution in [3.8, 4) is 22.6 Å². The van der Waals surface area contributed by atoms with Crippen molar-refractivity contribution in [2.24, 2.45) is 0 Å². The Morgan fingerprint density at radius 1 is 0.920 bits per heavy atom. The molecule has 0 atom stereocenters. The smallest absolute Gasteiger partial charge is 0.406 e. The van der Waals surface area contributed by atoms with Gasteiger partial charge in [-0.3, -0.25) is 9.36 Å². The molecule has 128 valence electrons. The molecule has 0 unspecified atom stereocenters. The van der Waals surface area contributed by atoms with Crippen molar-refractivity contribution in [2.75, 3.05) is 0 Å². The van der Waals surface area contributed by atoms with E-state index in [9.17, 15) is 18.0 Å². The molecule has 7 heteroatoms. The standard InChI is InChI=1S/C18H11ClF3NO2/c19-14-3-1-2-12(10-14)13-4-9-17(24)23(11-13)15-5-7-16(8-6-15)25-18(20,21)22/h1-11H. The lowest BCUT2D eigenvalue weighted by molar-refractivity contribution is -0.274. The zero-order chi connectivity index (χ0) is 18.0. The van der Waals surface area contributed by atoms with E-state index < -0.39 is 6.36 Å². The zero-order valence-electron chi connectivity index (χ0n) is 12.6. The highest BCUT2D eigenvalue weighted by molar-refractivity contribution is 6.30. The first-order valence-electron chi connectivity index (χ1n) is 7.17. The van der Waals surface area contributed by atoms with Gasteiger partial charge in [0.05, 0.1) is 0 Å². The van der Waals surface area contributed by atoms with Crippen molar-refractivity contribution < 1.29 is 17.9 Å². The Morgan fingerprint density at radius 2 is 1.64 bits per heavy atom. The van der Waals surface area contributed by atoms with Crippen LogP contribution in [-0.2, 0) is 0 Å². The van der Waals surface area contributed by atoms with Crippen molar-refractivity contribution in [2.45, 2.75) is 6.36 Å². The Hall–Kier alpha value is -2.73. The SMILES string of the molecule is O=c1ccc(-c2cccc(Cl)c2)cn1-c1ccc(OC(F)(F)F)cc1. The maximum atomic E-state index is 12.2. The van der Waals surface area contributed by atoms with E-state index in [1.165, 1.54) is 22.8 Å². The maximum Gasteiger partial charge on any atom is 0.573 e. The van der Waals surface area contributed by atoms with E-state index in [1.54, 1.807) is 30.5 Å². The van der Waals surface area contributed by atoms with Gasteiger partial charge >= 0.3 is 6.36 Å². The van der Waals surface area contributed by atoms with Crippen molar-refractivity contribution in [3.05, 3.63) is 82.2 Å². The highest BCUT2D eigenvalue weighted by atomic mass is 35.5. The number of alkyl halides is 3. The molecule has 0 radical (unpaired) electrons. The molecule has 2 aromatic carbocycles. The van der Waals surface area contributed by atoms with Crippen molar-refractivity contribution >= 4 is 11.6 Å². The molecule has 3 rings (SSSR count). The largest absolute Gasteiger partial charge is 0.573 e. The van der Waals surface area contributed by atoms with E-state index in [2.05, 4.69) is 4.74 Å². The normalized spacial score (nSPS) is 11.4. The summed E-state index contributed by atoms with van der Waals surface area (Å²) in [5.41, 5.74) is 1.68. The summed E-state index contributed by atoms with van der Waals surface area (Å²) < 4.78 is 41.8. The minimum Gasteiger partial charge on any atom is -0.406 e. The number of rotatable bonds is 3. The number of benzene rings is 2. The topological polar surface area (TPSA) is 31.2 Å². The summed E-state index contributed by atoms with van der Waals surface area (Å²) in [6, 6.07) is 15.2. The van der Waals surface area contributed by atoms with Gasteiger partial charge in [-0.25, -0.2) is 0 Å². The molecule has 0 amide bonds. The molecule has 0 aliphatic heterocycles. The average Bonchev–Trinajstić information content (AvgIpc) is 2.55. The summed E-state index contributed by atoms with van der Waals surface area (Å²) in [5, 5.41) is 0.559. The molecule has 1 aromatic heterocycles. The minimum absolute atomic E-state index is 0.310. The molecule has 1 heterocycles. The van der Waals surface area contributed by atoms with Crippen LogP contribution in [0.4, 0.5) is 13.2 Å². The molecule has 0 aliphatic rings. The second-order valence-corrected chi connectivity index (χ2v) is 5.61. The van der Waals surface area contributed by atoms with E-state index in [0.717, 1.165) is 23.3 Å². The summed E-state index contributed by atoms with van der Waals surface area (Å²) in [6.45, 7) is 0. The van der Waals surface area contributed by atoms with Crippen LogP contribution < -0.4 is 10.3 Å². The molecule has 0 aliphatic carbocycles. The number of hydrogen-bond acceptors (Lipinski definition) is 2. The lowest BCUT2D eigenvalue weighted by atomic mass is 10.1. The third-order valence-electron chi connectivity index (χ3n) is 3.42. The fourth-order valence-corrected chi connectivity index (χ4v) is 2.53. The number of pyridine rings is 1. The van der Waals surface area contributed by atoms with Crippen LogP contribution in [0.2, 0.25) is 5.02 Å². The average molecular weight is 366 g/mol. The van der Waals surface area contributed by atoms with Crippen LogP contribution in [0, 0.1) is 0 Å². The van der Waals surface area contributed by atoms with Crippen LogP contribution in [0.1, 0.15) is 0 Å². The fourth-order valence-electron chi connectivity index (χ4n) is 2.34. The van der Waals surface area contributed by atoms with Gasteiger partial charge in [0.15, 0.2) is 0 Å². The maximum absolute atomic E-state index is 12.2. The van der Waals surface area contributed by atoms with Gasteiger partial charge in [0.2, 0.25) is 0 Å². The second kappa shape index (κ2) is 6.64. The van der Waals surface area contributed by atoms with E-state index in [4.69, 9.17) is 11.6 Å². The van der Waals surface area contributed by atoms with Gasteiger partial charge in [-0.15, -0.1) is 13.2 Å². The third-order valence-corrected chi connectivity index (χ3v) is 3.65. The Kier molecular flexibility index (Phi) is 4.55. The highest BCUT2D eigenvalue weighted by Gasteiger charge is 2.30. The third kappa shape index (κ3) is 4.22. The van der Waals surface area contributed by atoms with Gasteiger partial charge in [-0.05, 0) is 53.6 Å². The number of hydrogen-bond donors (Lipinski definition) is 0. The summed E-state index contributed by atoms with van der Waals surface area (Å²) in [5.74, 6) is -0.352. The van der Waals surface area contributed by atoms with Gasteiger partial charge in [-0.1, -0.05) is 23.7 Å². The van der Waals surface area contributed by atoms with E-state index >= 15 is 0 Å². The number of nitrogens with zero attached hydrogens (tertiary/aromatic N) is 1. The van der Waals surface area contributed by atoms with Crippen LogP contribution in [-0.4, -0.2) is 10.9 Å². The van der Waals surface area contributed by atoms with Gasteiger partial charge in [0.25, 0.3) is 5.56 Å². The van der Waals surface area contributed by atoms with E-state index in [0.29, 0.717) is 10.7 Å². The Bertz CT molecular complexity index is 950. The van der Waals surface area contributed by atoms with Gasteiger partial charge < -0.3 is 4.74 Å². The number of halogens is 4. The van der Waals surface area contributed by atoms with Crippen molar-refractivity contribution in [3.63, 3.8) is 0 Å². The van der Waals surface area contributed by atoms with E-state index in [1.807, 2.05) is 6.07 Å². The van der Waals surface area contributed by atoms with Crippen LogP contribution in [0.25, 0.3) is 16.8 Å². The van der Waals surface area contributed by atoms with Gasteiger partial charge in [-0.2, -0.15) is 0 Å². The Labute approximate surface area is 145 Å². The van der Waals surface area contributed by atoms with E-state index in [-0.39, 0.29) is 11.3 Å². The molecule has 0 fully saturated rings. The summed E-state index contributed by atoms with van der Waals surface area (Å²) >= 11 is 5.98. The fraction of sp³-hybridized carbons (Fsp3) is 0.0556. The predicted octanol–water partition coefficient (Wildman–Crippen LogP) is 5.06. The van der Waals surface area contributed by atoms with Crippen molar-refractivity contribution in [1.82, 2.24) is 4.57 Å². The lowest BCUT2D eigenvalue weighted by Gasteiger charge is -2.11. The molecular formula is C18H11ClF3NO2. The molecule has 0 saturated heterocycles. The lowest BCUT2D eigenvalue weighted by Crippen LogP contribution is -2.18. The first kappa shape index (κ1) is 17.1. The molecule has 25 heavy (non-hydrogen) atoms. The number of ether oxygens (including phenoxy) is 1. The first-order valence-corrected chi connectivity index (χ1v) is 7.54. The molecule has 0 spiro atoms.